The molecule has 0 spiro atoms. The SMILES string of the molecule is C=C(CC)CCC1=Cc2ccccc2C1c1cc2c(c(CCc3ccccc3)c1)CCCC2. The minimum Gasteiger partial charge on any atom is -0.0999 e. The molecule has 168 valence electrons. The van der Waals surface area contributed by atoms with Gasteiger partial charge in [-0.05, 0) is 96.7 Å². The van der Waals surface area contributed by atoms with Gasteiger partial charge >= 0.3 is 0 Å². The molecule has 1 atom stereocenters. The molecule has 0 heteroatoms. The molecule has 0 heterocycles. The maximum atomic E-state index is 4.28. The fourth-order valence-electron chi connectivity index (χ4n) is 5.80. The van der Waals surface area contributed by atoms with Gasteiger partial charge < -0.3 is 0 Å². The summed E-state index contributed by atoms with van der Waals surface area (Å²) < 4.78 is 0. The van der Waals surface area contributed by atoms with Gasteiger partial charge in [0.1, 0.15) is 0 Å². The highest BCUT2D eigenvalue weighted by atomic mass is 14.3. The van der Waals surface area contributed by atoms with Gasteiger partial charge in [0, 0.05) is 5.92 Å². The maximum absolute atomic E-state index is 4.28. The van der Waals surface area contributed by atoms with Gasteiger partial charge in [0.05, 0.1) is 0 Å². The topological polar surface area (TPSA) is 0 Å². The number of fused-ring (bicyclic) bond motifs is 2. The lowest BCUT2D eigenvalue weighted by Crippen LogP contribution is -2.11. The number of rotatable bonds is 8. The number of hydrogen-bond donors (Lipinski definition) is 0. The van der Waals surface area contributed by atoms with Crippen molar-refractivity contribution in [3.8, 4) is 0 Å². The Kier molecular flexibility index (Phi) is 6.63. The van der Waals surface area contributed by atoms with E-state index in [2.05, 4.69) is 86.3 Å². The lowest BCUT2D eigenvalue weighted by molar-refractivity contribution is 0.674. The van der Waals surface area contributed by atoms with E-state index >= 15 is 0 Å². The molecule has 1 unspecified atom stereocenters. The highest BCUT2D eigenvalue weighted by Gasteiger charge is 2.28. The van der Waals surface area contributed by atoms with Crippen LogP contribution in [-0.2, 0) is 25.7 Å². The van der Waals surface area contributed by atoms with Crippen LogP contribution >= 0.6 is 0 Å². The number of aryl methyl sites for hydroxylation is 3. The summed E-state index contributed by atoms with van der Waals surface area (Å²) in [5.74, 6) is 0.397. The standard InChI is InChI=1S/C33H36/c1-3-24(2)17-19-29-21-27-14-8-10-16-32(27)33(29)30-22-26-13-7-9-15-31(26)28(23-30)20-18-25-11-5-4-6-12-25/h4-6,8,10-12,14,16,21-23,33H,2-3,7,9,13,15,17-20H2,1H3. The lowest BCUT2D eigenvalue weighted by Gasteiger charge is -2.25. The first-order valence-electron chi connectivity index (χ1n) is 12.9. The Hall–Kier alpha value is -2.86. The Labute approximate surface area is 200 Å². The molecule has 3 aromatic carbocycles. The van der Waals surface area contributed by atoms with E-state index in [1.165, 1.54) is 53.5 Å². The van der Waals surface area contributed by atoms with E-state index in [0.717, 1.165) is 32.1 Å². The second-order valence-corrected chi connectivity index (χ2v) is 9.90. The molecule has 5 rings (SSSR count). The van der Waals surface area contributed by atoms with Crippen molar-refractivity contribution in [2.75, 3.05) is 0 Å². The summed E-state index contributed by atoms with van der Waals surface area (Å²) in [6.45, 7) is 6.50. The van der Waals surface area contributed by atoms with E-state index in [-0.39, 0.29) is 0 Å². The van der Waals surface area contributed by atoms with Crippen LogP contribution in [0.3, 0.4) is 0 Å². The van der Waals surface area contributed by atoms with Crippen LogP contribution in [0.15, 0.2) is 84.5 Å². The first-order chi connectivity index (χ1) is 16.2. The van der Waals surface area contributed by atoms with Crippen molar-refractivity contribution in [3.63, 3.8) is 0 Å². The average Bonchev–Trinajstić information content (AvgIpc) is 3.24. The van der Waals surface area contributed by atoms with E-state index in [9.17, 15) is 0 Å². The Balaban J connectivity index is 1.51. The molecule has 0 nitrogen and oxygen atoms in total. The summed E-state index contributed by atoms with van der Waals surface area (Å²) >= 11 is 0. The molecule has 0 aliphatic heterocycles. The summed E-state index contributed by atoms with van der Waals surface area (Å²) in [6, 6.07) is 25.1. The van der Waals surface area contributed by atoms with Crippen LogP contribution in [0, 0.1) is 0 Å². The summed E-state index contributed by atoms with van der Waals surface area (Å²) in [5.41, 5.74) is 13.6. The van der Waals surface area contributed by atoms with Gasteiger partial charge in [-0.1, -0.05) is 97.5 Å². The highest BCUT2D eigenvalue weighted by molar-refractivity contribution is 5.70. The van der Waals surface area contributed by atoms with Crippen LogP contribution in [0.4, 0.5) is 0 Å². The lowest BCUT2D eigenvalue weighted by atomic mass is 9.79. The molecule has 0 saturated carbocycles. The van der Waals surface area contributed by atoms with Crippen LogP contribution in [0.25, 0.3) is 6.08 Å². The third-order valence-corrected chi connectivity index (χ3v) is 7.73. The third kappa shape index (κ3) is 4.76. The quantitative estimate of drug-likeness (QED) is 0.312. The average molecular weight is 433 g/mol. The highest BCUT2D eigenvalue weighted by Crippen LogP contribution is 2.44. The maximum Gasteiger partial charge on any atom is 0.0308 e. The molecule has 0 amide bonds. The van der Waals surface area contributed by atoms with Crippen LogP contribution in [0.5, 0.6) is 0 Å². The van der Waals surface area contributed by atoms with E-state index < -0.39 is 0 Å². The van der Waals surface area contributed by atoms with Gasteiger partial charge in [-0.25, -0.2) is 0 Å². The van der Waals surface area contributed by atoms with Crippen molar-refractivity contribution in [2.45, 2.75) is 70.6 Å². The second kappa shape index (κ2) is 9.96. The summed E-state index contributed by atoms with van der Waals surface area (Å²) in [4.78, 5) is 0. The Morgan fingerprint density at radius 3 is 2.52 bits per heavy atom. The van der Waals surface area contributed by atoms with Crippen LogP contribution in [-0.4, -0.2) is 0 Å². The van der Waals surface area contributed by atoms with E-state index in [1.54, 1.807) is 22.3 Å². The van der Waals surface area contributed by atoms with Crippen molar-refractivity contribution in [2.24, 2.45) is 0 Å². The third-order valence-electron chi connectivity index (χ3n) is 7.73. The van der Waals surface area contributed by atoms with Crippen molar-refractivity contribution >= 4 is 6.08 Å². The van der Waals surface area contributed by atoms with Gasteiger partial charge in [-0.15, -0.1) is 0 Å². The Morgan fingerprint density at radius 1 is 0.879 bits per heavy atom. The van der Waals surface area contributed by atoms with Crippen molar-refractivity contribution in [3.05, 3.63) is 123 Å². The predicted molar refractivity (Wildman–Crippen MR) is 142 cm³/mol. The van der Waals surface area contributed by atoms with Crippen molar-refractivity contribution in [1.29, 1.82) is 0 Å². The fourth-order valence-corrected chi connectivity index (χ4v) is 5.80. The summed E-state index contributed by atoms with van der Waals surface area (Å²) in [6.07, 6.45) is 13.2. The van der Waals surface area contributed by atoms with Crippen LogP contribution in [0.2, 0.25) is 0 Å². The van der Waals surface area contributed by atoms with E-state index in [4.69, 9.17) is 0 Å². The Bertz CT molecular complexity index is 1160. The predicted octanol–water partition coefficient (Wildman–Crippen LogP) is 8.63. The largest absolute Gasteiger partial charge is 0.0999 e. The second-order valence-electron chi connectivity index (χ2n) is 9.90. The molecule has 0 N–H and O–H groups in total. The summed E-state index contributed by atoms with van der Waals surface area (Å²) in [7, 11) is 0. The van der Waals surface area contributed by atoms with Gasteiger partial charge in [-0.2, -0.15) is 0 Å². The first kappa shape index (κ1) is 22.0. The number of benzene rings is 3. The summed E-state index contributed by atoms with van der Waals surface area (Å²) in [5, 5.41) is 0. The van der Waals surface area contributed by atoms with Crippen LogP contribution in [0.1, 0.15) is 83.9 Å². The van der Waals surface area contributed by atoms with E-state index in [1.807, 2.05) is 0 Å². The smallest absolute Gasteiger partial charge is 0.0308 e. The fraction of sp³-hybridized carbons (Fsp3) is 0.333. The van der Waals surface area contributed by atoms with Crippen molar-refractivity contribution in [1.82, 2.24) is 0 Å². The van der Waals surface area contributed by atoms with Gasteiger partial charge in [0.2, 0.25) is 0 Å². The normalized spacial score (nSPS) is 16.8. The minimum atomic E-state index is 0.397. The van der Waals surface area contributed by atoms with E-state index in [0.29, 0.717) is 5.92 Å². The molecule has 0 saturated heterocycles. The minimum absolute atomic E-state index is 0.397. The number of allylic oxidation sites excluding steroid dienone is 2. The van der Waals surface area contributed by atoms with Gasteiger partial charge in [-0.3, -0.25) is 0 Å². The molecular formula is C33H36. The van der Waals surface area contributed by atoms with Crippen molar-refractivity contribution < 1.29 is 0 Å². The molecule has 0 aromatic heterocycles. The zero-order valence-electron chi connectivity index (χ0n) is 20.1. The molecule has 3 aromatic rings. The molecule has 0 bridgehead atoms. The number of hydrogen-bond acceptors (Lipinski definition) is 0. The Morgan fingerprint density at radius 2 is 1.67 bits per heavy atom. The van der Waals surface area contributed by atoms with Gasteiger partial charge in [0.25, 0.3) is 0 Å². The molecule has 0 fully saturated rings. The first-order valence-corrected chi connectivity index (χ1v) is 12.9. The zero-order valence-corrected chi connectivity index (χ0v) is 20.1. The molecule has 0 radical (unpaired) electrons. The zero-order chi connectivity index (χ0) is 22.6. The van der Waals surface area contributed by atoms with Crippen LogP contribution < -0.4 is 0 Å². The molecule has 2 aliphatic rings. The molecule has 33 heavy (non-hydrogen) atoms. The van der Waals surface area contributed by atoms with Gasteiger partial charge in [0.15, 0.2) is 0 Å². The monoisotopic (exact) mass is 432 g/mol. The molecule has 2 aliphatic carbocycles. The molecular weight excluding hydrogens is 396 g/mol.